The van der Waals surface area contributed by atoms with Gasteiger partial charge in [-0.1, -0.05) is 5.16 Å². The predicted octanol–water partition coefficient (Wildman–Crippen LogP) is 0.882. The molecule has 1 saturated heterocycles. The first-order valence-corrected chi connectivity index (χ1v) is 7.86. The molecular weight excluding hydrogens is 248 g/mol. The summed E-state index contributed by atoms with van der Waals surface area (Å²) in [6.07, 6.45) is 3.41. The topological polar surface area (TPSA) is 65.1 Å². The molecule has 0 aliphatic carbocycles. The van der Waals surface area contributed by atoms with Crippen molar-refractivity contribution in [2.24, 2.45) is 10.9 Å². The second-order valence-electron chi connectivity index (χ2n) is 5.22. The highest BCUT2D eigenvalue weighted by molar-refractivity contribution is 7.98. The lowest BCUT2D eigenvalue weighted by Gasteiger charge is -2.43. The zero-order valence-corrected chi connectivity index (χ0v) is 12.5. The van der Waals surface area contributed by atoms with Gasteiger partial charge in [0, 0.05) is 26.2 Å². The first-order chi connectivity index (χ1) is 8.52. The van der Waals surface area contributed by atoms with Gasteiger partial charge in [0.05, 0.1) is 5.54 Å². The number of nitrogens with zero attached hydrogens (tertiary/aromatic N) is 3. The van der Waals surface area contributed by atoms with Crippen LogP contribution in [0.1, 0.15) is 20.3 Å². The minimum atomic E-state index is -0.361. The Morgan fingerprint density at radius 3 is 2.44 bits per heavy atom. The van der Waals surface area contributed by atoms with Crippen molar-refractivity contribution >= 4 is 17.6 Å². The van der Waals surface area contributed by atoms with Crippen molar-refractivity contribution < 1.29 is 5.21 Å². The maximum Gasteiger partial charge on any atom is 0.159 e. The maximum atomic E-state index is 8.82. The molecule has 0 atom stereocenters. The zero-order valence-electron chi connectivity index (χ0n) is 11.7. The predicted molar refractivity (Wildman–Crippen MR) is 78.5 cm³/mol. The Labute approximate surface area is 114 Å². The number of amidine groups is 1. The van der Waals surface area contributed by atoms with Gasteiger partial charge in [-0.2, -0.15) is 11.8 Å². The second kappa shape index (κ2) is 7.21. The summed E-state index contributed by atoms with van der Waals surface area (Å²) in [5.74, 6) is 1.52. The number of hydrogen-bond acceptors (Lipinski definition) is 5. The van der Waals surface area contributed by atoms with Crippen LogP contribution >= 0.6 is 11.8 Å². The van der Waals surface area contributed by atoms with Crippen molar-refractivity contribution in [3.05, 3.63) is 0 Å². The molecule has 3 N–H and O–H groups in total. The largest absolute Gasteiger partial charge is 0.409 e. The zero-order chi connectivity index (χ0) is 13.6. The van der Waals surface area contributed by atoms with Crippen LogP contribution in [0, 0.1) is 0 Å². The summed E-state index contributed by atoms with van der Waals surface area (Å²) in [6.45, 7) is 9.27. The van der Waals surface area contributed by atoms with Gasteiger partial charge in [0.2, 0.25) is 0 Å². The van der Waals surface area contributed by atoms with Gasteiger partial charge in [0.15, 0.2) is 5.84 Å². The summed E-state index contributed by atoms with van der Waals surface area (Å²) in [5.41, 5.74) is 5.40. The fourth-order valence-corrected chi connectivity index (χ4v) is 2.67. The van der Waals surface area contributed by atoms with Crippen molar-refractivity contribution in [1.29, 1.82) is 0 Å². The average molecular weight is 274 g/mol. The Morgan fingerprint density at radius 2 is 1.94 bits per heavy atom. The highest BCUT2D eigenvalue weighted by atomic mass is 32.2. The molecule has 0 aromatic rings. The van der Waals surface area contributed by atoms with Crippen LogP contribution in [0.15, 0.2) is 5.16 Å². The average Bonchev–Trinajstić information content (AvgIpc) is 2.38. The van der Waals surface area contributed by atoms with Crippen molar-refractivity contribution in [3.8, 4) is 0 Å². The lowest BCUT2D eigenvalue weighted by Crippen LogP contribution is -2.59. The molecule has 0 aromatic carbocycles. The molecule has 6 heteroatoms. The van der Waals surface area contributed by atoms with Crippen LogP contribution in [0.5, 0.6) is 0 Å². The molecule has 0 aromatic heterocycles. The maximum absolute atomic E-state index is 8.82. The number of nitrogens with two attached hydrogens (primary N) is 1. The van der Waals surface area contributed by atoms with E-state index in [0.29, 0.717) is 5.84 Å². The normalized spacial score (nSPS) is 20.3. The molecule has 1 fully saturated rings. The summed E-state index contributed by atoms with van der Waals surface area (Å²) in [4.78, 5) is 4.78. The summed E-state index contributed by atoms with van der Waals surface area (Å²) < 4.78 is 0. The summed E-state index contributed by atoms with van der Waals surface area (Å²) in [5, 5.41) is 12.0. The van der Waals surface area contributed by atoms with Gasteiger partial charge >= 0.3 is 0 Å². The van der Waals surface area contributed by atoms with Crippen LogP contribution in [0.25, 0.3) is 0 Å². The number of piperazine rings is 1. The highest BCUT2D eigenvalue weighted by Crippen LogP contribution is 2.17. The van der Waals surface area contributed by atoms with Gasteiger partial charge in [-0.15, -0.1) is 0 Å². The number of thioether (sulfide) groups is 1. The summed E-state index contributed by atoms with van der Waals surface area (Å²) in [7, 11) is 0. The van der Waals surface area contributed by atoms with E-state index in [9.17, 15) is 0 Å². The standard InChI is InChI=1S/C12H26N4OS/c1-12(2,11(13)14-17)16-8-6-15(7-9-16)5-4-10-18-3/h17H,4-10H2,1-3H3,(H2,13,14). The van der Waals surface area contributed by atoms with Crippen LogP contribution in [0.3, 0.4) is 0 Å². The lowest BCUT2D eigenvalue weighted by atomic mass is 10.0. The van der Waals surface area contributed by atoms with E-state index in [0.717, 1.165) is 26.2 Å². The minimum Gasteiger partial charge on any atom is -0.409 e. The number of oxime groups is 1. The molecule has 1 heterocycles. The van der Waals surface area contributed by atoms with E-state index in [1.807, 2.05) is 25.6 Å². The molecule has 0 unspecified atom stereocenters. The molecule has 5 nitrogen and oxygen atoms in total. The lowest BCUT2D eigenvalue weighted by molar-refractivity contribution is 0.0834. The van der Waals surface area contributed by atoms with Crippen LogP contribution < -0.4 is 5.73 Å². The molecule has 0 spiro atoms. The first-order valence-electron chi connectivity index (χ1n) is 6.46. The van der Waals surface area contributed by atoms with Crippen molar-refractivity contribution in [3.63, 3.8) is 0 Å². The highest BCUT2D eigenvalue weighted by Gasteiger charge is 2.33. The molecule has 0 saturated carbocycles. The van der Waals surface area contributed by atoms with Crippen molar-refractivity contribution in [2.45, 2.75) is 25.8 Å². The Hall–Kier alpha value is -0.460. The van der Waals surface area contributed by atoms with Gasteiger partial charge < -0.3 is 15.8 Å². The fourth-order valence-electron chi connectivity index (χ4n) is 2.25. The van der Waals surface area contributed by atoms with E-state index < -0.39 is 0 Å². The molecule has 0 amide bonds. The summed E-state index contributed by atoms with van der Waals surface area (Å²) >= 11 is 1.90. The van der Waals surface area contributed by atoms with Gasteiger partial charge in [-0.05, 0) is 38.8 Å². The van der Waals surface area contributed by atoms with E-state index in [1.54, 1.807) is 0 Å². The third-order valence-corrected chi connectivity index (χ3v) is 4.42. The molecular formula is C12H26N4OS. The van der Waals surface area contributed by atoms with Gasteiger partial charge in [-0.25, -0.2) is 0 Å². The van der Waals surface area contributed by atoms with Crippen molar-refractivity contribution in [1.82, 2.24) is 9.80 Å². The van der Waals surface area contributed by atoms with Crippen molar-refractivity contribution in [2.75, 3.05) is 44.7 Å². The molecule has 1 aliphatic heterocycles. The van der Waals surface area contributed by atoms with Crippen LogP contribution in [-0.2, 0) is 0 Å². The van der Waals surface area contributed by atoms with E-state index >= 15 is 0 Å². The van der Waals surface area contributed by atoms with E-state index in [2.05, 4.69) is 21.2 Å². The Bertz CT molecular complexity index is 275. The third kappa shape index (κ3) is 4.03. The van der Waals surface area contributed by atoms with Gasteiger partial charge in [0.1, 0.15) is 0 Å². The van der Waals surface area contributed by atoms with E-state index in [1.165, 1.54) is 18.7 Å². The van der Waals surface area contributed by atoms with Crippen LogP contribution in [0.2, 0.25) is 0 Å². The first kappa shape index (κ1) is 15.6. The number of rotatable bonds is 6. The fraction of sp³-hybridized carbons (Fsp3) is 0.917. The van der Waals surface area contributed by atoms with E-state index in [-0.39, 0.29) is 5.54 Å². The Balaban J connectivity index is 2.39. The van der Waals surface area contributed by atoms with Crippen LogP contribution in [0.4, 0.5) is 0 Å². The quantitative estimate of drug-likeness (QED) is 0.247. The van der Waals surface area contributed by atoms with Gasteiger partial charge in [0.25, 0.3) is 0 Å². The van der Waals surface area contributed by atoms with Gasteiger partial charge in [-0.3, -0.25) is 4.90 Å². The minimum absolute atomic E-state index is 0.290. The third-order valence-electron chi connectivity index (χ3n) is 3.72. The summed E-state index contributed by atoms with van der Waals surface area (Å²) in [6, 6.07) is 0. The monoisotopic (exact) mass is 274 g/mol. The second-order valence-corrected chi connectivity index (χ2v) is 6.20. The smallest absolute Gasteiger partial charge is 0.159 e. The van der Waals surface area contributed by atoms with Crippen LogP contribution in [-0.4, -0.2) is 71.1 Å². The van der Waals surface area contributed by atoms with E-state index in [4.69, 9.17) is 10.9 Å². The molecule has 1 aliphatic rings. The Kier molecular flexibility index (Phi) is 6.25. The molecule has 106 valence electrons. The number of hydrogen-bond donors (Lipinski definition) is 2. The molecule has 18 heavy (non-hydrogen) atoms. The SMILES string of the molecule is CSCCCN1CCN(C(C)(C)C(N)=NO)CC1. The molecule has 1 rings (SSSR count). The molecule has 0 radical (unpaired) electrons. The molecule has 0 bridgehead atoms. The Morgan fingerprint density at radius 1 is 1.33 bits per heavy atom.